The fraction of sp³-hybridized carbons (Fsp3) is 0.276. The van der Waals surface area contributed by atoms with Crippen molar-refractivity contribution in [1.82, 2.24) is 94.1 Å². The quantitative estimate of drug-likeness (QED) is 0.0232. The summed E-state index contributed by atoms with van der Waals surface area (Å²) in [5.74, 6) is 5.96. The number of H-pyrrole nitrogens is 1. The van der Waals surface area contributed by atoms with Gasteiger partial charge in [0.15, 0.2) is 28.4 Å². The highest BCUT2D eigenvalue weighted by Crippen LogP contribution is 2.46. The van der Waals surface area contributed by atoms with E-state index in [1.165, 1.54) is 141 Å². The second-order valence-electron chi connectivity index (χ2n) is 31.0. The van der Waals surface area contributed by atoms with Gasteiger partial charge in [-0.05, 0) is 203 Å². The van der Waals surface area contributed by atoms with Crippen molar-refractivity contribution in [1.29, 1.82) is 0 Å². The molecule has 0 bridgehead atoms. The third-order valence-corrected chi connectivity index (χ3v) is 23.1. The maximum absolute atomic E-state index is 13.9. The molecule has 122 heavy (non-hydrogen) atoms. The summed E-state index contributed by atoms with van der Waals surface area (Å²) in [7, 11) is 5.17. The van der Waals surface area contributed by atoms with E-state index in [2.05, 4.69) is 160 Å². The normalized spacial score (nSPS) is 14.3. The average molecular weight is 1680 g/mol. The van der Waals surface area contributed by atoms with E-state index in [1.54, 1.807) is 69.3 Å². The molecule has 0 amide bonds. The van der Waals surface area contributed by atoms with Gasteiger partial charge in [-0.15, -0.1) is 0 Å². The Morgan fingerprint density at radius 1 is 0.484 bits per heavy atom. The molecular weight excluding hydrogens is 1590 g/mol. The van der Waals surface area contributed by atoms with Crippen molar-refractivity contribution in [2.45, 2.75) is 104 Å². The molecule has 0 aliphatic heterocycles. The lowest BCUT2D eigenvalue weighted by Crippen LogP contribution is -2.28. The van der Waals surface area contributed by atoms with Gasteiger partial charge in [-0.25, -0.2) is 52.1 Å². The number of nitro groups is 2. The van der Waals surface area contributed by atoms with E-state index in [9.17, 15) is 33.0 Å². The van der Waals surface area contributed by atoms with Gasteiger partial charge in [-0.1, -0.05) is 42.1 Å². The van der Waals surface area contributed by atoms with Crippen molar-refractivity contribution in [2.75, 3.05) is 76.5 Å². The number of nitrogens with zero attached hydrogens (tertiary/aromatic N) is 21. The van der Waals surface area contributed by atoms with Crippen molar-refractivity contribution < 1.29 is 32.1 Å². The van der Waals surface area contributed by atoms with Crippen LogP contribution < -0.4 is 25.0 Å². The molecule has 3 N–H and O–H groups in total. The summed E-state index contributed by atoms with van der Waals surface area (Å²) in [5.41, 5.74) is 12.2. The Kier molecular flexibility index (Phi) is 22.8. The van der Waals surface area contributed by atoms with Gasteiger partial charge in [0.1, 0.15) is 17.2 Å². The molecule has 0 saturated heterocycles. The van der Waals surface area contributed by atoms with Crippen LogP contribution in [-0.2, 0) is 9.84 Å². The molecule has 5 aliphatic carbocycles. The number of hydrogen-bond donors (Lipinski definition) is 3. The van der Waals surface area contributed by atoms with E-state index >= 15 is 0 Å². The van der Waals surface area contributed by atoms with Gasteiger partial charge in [-0.2, -0.15) is 44.8 Å². The largest absolute Gasteiger partial charge is 0.494 e. The standard InChI is InChI=1S/C26H30N8O3.C21H17FN6O3.C15H14N4O2S.C15H14N4S.C10H10N2/c1-31(2)11-12-32(3)22-15-24(37-4)20(14-23(22)34(35)36)29-26-27-10-9-25(30-26)33-21-8-7-18(17-5-6-17)13-19(21)16-28-33;1-31-19-9-15(22)18(28(29)30)10-16(19)25-21-23-7-6-20(26-21)27-17-5-4-13(12-2-3-12)8-14(17)11-24-27;1-22(20,21)15-16-7-6-14(18-15)19-13-5-4-11(10-2-3-10)8-12(13)9-17-19;1-20-15-16-7-6-14(18-15)19-13-5-4-11(10-2-3-10)8-12(13)9-17-19;1-2-7(1)8-3-4-10-9(5-8)6-11-12-10/h7-10,13-17H,5-6,11-12H2,1-4H3,(H,27,29,30);4-12H,2-3H2,1H3,(H,23,25,26);4-10H,2-3H2,1H3;4-10H,2-3H2,1H3;3-7H,1-2H2,(H,11,12). The Hall–Kier alpha value is -13.8. The number of hydrogen-bond acceptors (Lipinski definition) is 26. The van der Waals surface area contributed by atoms with Crippen LogP contribution >= 0.6 is 11.8 Å². The number of aromatic nitrogens is 18. The van der Waals surface area contributed by atoms with Crippen LogP contribution in [0.3, 0.4) is 0 Å². The van der Waals surface area contributed by atoms with Crippen LogP contribution in [0.15, 0.2) is 206 Å². The van der Waals surface area contributed by atoms with E-state index in [0.717, 1.165) is 91.5 Å². The average Bonchev–Trinajstić information content (AvgIpc) is 1.57. The zero-order valence-corrected chi connectivity index (χ0v) is 69.3. The van der Waals surface area contributed by atoms with E-state index in [0.29, 0.717) is 58.9 Å². The molecule has 0 atom stereocenters. The van der Waals surface area contributed by atoms with Gasteiger partial charge in [0, 0.05) is 127 Å². The minimum atomic E-state index is -3.44. The zero-order valence-electron chi connectivity index (χ0n) is 67.7. The van der Waals surface area contributed by atoms with Crippen LogP contribution in [0.2, 0.25) is 0 Å². The number of methoxy groups -OCH3 is 2. The van der Waals surface area contributed by atoms with Gasteiger partial charge in [0.25, 0.3) is 5.69 Å². The first-order chi connectivity index (χ1) is 59.2. The molecule has 21 rings (SSSR count). The van der Waals surface area contributed by atoms with E-state index in [1.807, 2.05) is 78.7 Å². The number of thioether (sulfide) groups is 1. The highest BCUT2D eigenvalue weighted by atomic mass is 32.2. The Morgan fingerprint density at radius 3 is 1.27 bits per heavy atom. The second kappa shape index (κ2) is 34.5. The summed E-state index contributed by atoms with van der Waals surface area (Å²) in [5, 5.41) is 59.8. The lowest BCUT2D eigenvalue weighted by atomic mass is 10.1. The molecular formula is C87H85FN24O8S2. The summed E-state index contributed by atoms with van der Waals surface area (Å²) >= 11 is 1.54. The minimum Gasteiger partial charge on any atom is -0.494 e. The molecule has 0 radical (unpaired) electrons. The van der Waals surface area contributed by atoms with Crippen LogP contribution in [0.25, 0.3) is 77.8 Å². The first-order valence-electron chi connectivity index (χ1n) is 39.9. The number of nitrogens with one attached hydrogen (secondary N) is 3. The topological polar surface area (TPSA) is 372 Å². The number of anilines is 5. The van der Waals surface area contributed by atoms with E-state index in [4.69, 9.17) is 9.47 Å². The highest BCUT2D eigenvalue weighted by Gasteiger charge is 2.30. The summed E-state index contributed by atoms with van der Waals surface area (Å²) in [6.07, 6.45) is 31.5. The van der Waals surface area contributed by atoms with Crippen LogP contribution in [0, 0.1) is 26.0 Å². The molecule has 32 nitrogen and oxygen atoms in total. The van der Waals surface area contributed by atoms with Gasteiger partial charge < -0.3 is 29.9 Å². The lowest BCUT2D eigenvalue weighted by Gasteiger charge is -2.22. The smallest absolute Gasteiger partial charge is 0.307 e. The number of halogens is 1. The minimum absolute atomic E-state index is 0.0368. The fourth-order valence-corrected chi connectivity index (χ4v) is 15.3. The summed E-state index contributed by atoms with van der Waals surface area (Å²) in [6.45, 7) is 1.37. The third-order valence-electron chi connectivity index (χ3n) is 21.7. The van der Waals surface area contributed by atoms with Crippen molar-refractivity contribution in [3.05, 3.63) is 249 Å². The molecule has 620 valence electrons. The highest BCUT2D eigenvalue weighted by molar-refractivity contribution is 7.98. The number of rotatable bonds is 23. The number of likely N-dealkylation sites (N-methyl/N-ethyl adjacent to an activating group) is 2. The molecule has 7 aromatic carbocycles. The molecule has 0 unspecified atom stereocenters. The van der Waals surface area contributed by atoms with Crippen molar-refractivity contribution in [3.8, 4) is 34.8 Å². The Bertz CT molecular complexity index is 6730. The van der Waals surface area contributed by atoms with Crippen molar-refractivity contribution in [2.24, 2.45) is 0 Å². The molecule has 9 aromatic heterocycles. The van der Waals surface area contributed by atoms with Crippen LogP contribution in [0.1, 0.15) is 122 Å². The molecule has 0 spiro atoms. The maximum atomic E-state index is 13.9. The third kappa shape index (κ3) is 18.3. The number of sulfone groups is 1. The summed E-state index contributed by atoms with van der Waals surface area (Å²) < 4.78 is 54.8. The molecule has 35 heteroatoms. The molecule has 5 fully saturated rings. The van der Waals surface area contributed by atoms with Gasteiger partial charge >= 0.3 is 5.69 Å². The van der Waals surface area contributed by atoms with Crippen molar-refractivity contribution >= 4 is 116 Å². The fourth-order valence-electron chi connectivity index (χ4n) is 14.4. The predicted octanol–water partition coefficient (Wildman–Crippen LogP) is 16.8. The Labute approximate surface area is 703 Å². The van der Waals surface area contributed by atoms with Gasteiger partial charge in [0.05, 0.1) is 94.0 Å². The van der Waals surface area contributed by atoms with E-state index in [-0.39, 0.29) is 34.2 Å². The number of aromatic amines is 1. The maximum Gasteiger partial charge on any atom is 0.307 e. The number of fused-ring (bicyclic) bond motifs is 5. The monoisotopic (exact) mass is 1680 g/mol. The van der Waals surface area contributed by atoms with Gasteiger partial charge in [0.2, 0.25) is 32.7 Å². The first-order valence-corrected chi connectivity index (χ1v) is 43.0. The van der Waals surface area contributed by atoms with Gasteiger partial charge in [-0.3, -0.25) is 25.3 Å². The summed E-state index contributed by atoms with van der Waals surface area (Å²) in [4.78, 5) is 59.9. The van der Waals surface area contributed by atoms with Crippen LogP contribution in [-0.4, -0.2) is 173 Å². The van der Waals surface area contributed by atoms with Crippen LogP contribution in [0.5, 0.6) is 11.5 Å². The lowest BCUT2D eigenvalue weighted by molar-refractivity contribution is -0.387. The summed E-state index contributed by atoms with van der Waals surface area (Å²) in [6, 6.07) is 44.3. The van der Waals surface area contributed by atoms with Crippen molar-refractivity contribution in [3.63, 3.8) is 0 Å². The number of nitro benzene ring substituents is 2. The van der Waals surface area contributed by atoms with E-state index < -0.39 is 31.2 Å². The molecule has 16 aromatic rings. The Morgan fingerprint density at radius 2 is 0.869 bits per heavy atom. The number of ether oxygens (including phenoxy) is 2. The number of benzene rings is 7. The first kappa shape index (κ1) is 80.6. The Balaban J connectivity index is 0.000000113. The molecule has 5 saturated carbocycles. The zero-order chi connectivity index (χ0) is 84.5. The second-order valence-corrected chi connectivity index (χ2v) is 33.7. The molecule has 9 heterocycles. The van der Waals surface area contributed by atoms with Crippen LogP contribution in [0.4, 0.5) is 44.7 Å². The predicted molar refractivity (Wildman–Crippen MR) is 465 cm³/mol. The SMILES string of the molecule is COc1cc(F)c([N+](=O)[O-])cc1Nc1nccc(-n2ncc3cc(C4CC4)ccc32)n1.COc1cc(N(C)CCN(C)C)c([N+](=O)[O-])cc1Nc1nccc(-n2ncc3cc(C4CC4)ccc32)n1.CS(=O)(=O)c1nccc(-n2ncc3cc(C4CC4)ccc32)n1.CSc1nccc(-n2ncc3cc(C4CC4)ccc32)n1.c1cc2[nH]ncc2cc1C1CC1. The molecule has 5 aliphatic rings.